The SMILES string of the molecule is COCCn1c(C)c(CC(C)N)c2ccccc21. The smallest absolute Gasteiger partial charge is 0.0642 e. The van der Waals surface area contributed by atoms with E-state index in [2.05, 4.69) is 42.7 Å². The van der Waals surface area contributed by atoms with E-state index in [4.69, 9.17) is 10.5 Å². The molecule has 0 amide bonds. The van der Waals surface area contributed by atoms with E-state index in [1.165, 1.54) is 22.2 Å². The fourth-order valence-corrected chi connectivity index (χ4v) is 2.55. The maximum absolute atomic E-state index is 5.96. The molecule has 1 unspecified atom stereocenters. The second-order valence-electron chi connectivity index (χ2n) is 4.91. The van der Waals surface area contributed by atoms with Crippen molar-refractivity contribution in [1.82, 2.24) is 4.57 Å². The zero-order chi connectivity index (χ0) is 13.1. The molecule has 2 aromatic rings. The predicted octanol–water partition coefficient (Wildman–Crippen LogP) is 2.49. The van der Waals surface area contributed by atoms with Gasteiger partial charge in [0.2, 0.25) is 0 Å². The van der Waals surface area contributed by atoms with Crippen LogP contribution in [0.5, 0.6) is 0 Å². The fraction of sp³-hybridized carbons (Fsp3) is 0.467. The molecule has 0 aliphatic rings. The minimum atomic E-state index is 0.186. The van der Waals surface area contributed by atoms with Crippen molar-refractivity contribution in [3.63, 3.8) is 0 Å². The molecule has 18 heavy (non-hydrogen) atoms. The van der Waals surface area contributed by atoms with Crippen LogP contribution in [0.4, 0.5) is 0 Å². The van der Waals surface area contributed by atoms with Gasteiger partial charge in [-0.15, -0.1) is 0 Å². The molecular formula is C15H22N2O. The Bertz CT molecular complexity index is 529. The highest BCUT2D eigenvalue weighted by Crippen LogP contribution is 2.26. The number of nitrogens with zero attached hydrogens (tertiary/aromatic N) is 1. The second kappa shape index (κ2) is 5.55. The Hall–Kier alpha value is -1.32. The van der Waals surface area contributed by atoms with Gasteiger partial charge in [0, 0.05) is 36.3 Å². The third-order valence-electron chi connectivity index (χ3n) is 3.41. The van der Waals surface area contributed by atoms with Gasteiger partial charge in [0.15, 0.2) is 0 Å². The maximum atomic E-state index is 5.96. The van der Waals surface area contributed by atoms with Gasteiger partial charge in [-0.2, -0.15) is 0 Å². The molecular weight excluding hydrogens is 224 g/mol. The molecule has 2 rings (SSSR count). The van der Waals surface area contributed by atoms with Crippen molar-refractivity contribution in [3.8, 4) is 0 Å². The third kappa shape index (κ3) is 2.42. The average molecular weight is 246 g/mol. The van der Waals surface area contributed by atoms with Crippen molar-refractivity contribution in [1.29, 1.82) is 0 Å². The molecule has 3 nitrogen and oxygen atoms in total. The first-order valence-electron chi connectivity index (χ1n) is 6.46. The van der Waals surface area contributed by atoms with Crippen LogP contribution in [-0.4, -0.2) is 24.3 Å². The number of rotatable bonds is 5. The van der Waals surface area contributed by atoms with E-state index in [0.29, 0.717) is 0 Å². The van der Waals surface area contributed by atoms with Gasteiger partial charge in [-0.3, -0.25) is 0 Å². The second-order valence-corrected chi connectivity index (χ2v) is 4.91. The zero-order valence-electron chi connectivity index (χ0n) is 11.4. The first-order chi connectivity index (χ1) is 8.65. The van der Waals surface area contributed by atoms with Crippen molar-refractivity contribution in [2.24, 2.45) is 5.73 Å². The summed E-state index contributed by atoms with van der Waals surface area (Å²) < 4.78 is 7.52. The molecule has 1 aromatic carbocycles. The Morgan fingerprint density at radius 3 is 2.72 bits per heavy atom. The van der Waals surface area contributed by atoms with Crippen LogP contribution in [0.15, 0.2) is 24.3 Å². The number of hydrogen-bond donors (Lipinski definition) is 1. The molecule has 0 aliphatic carbocycles. The average Bonchev–Trinajstić information content (AvgIpc) is 2.60. The van der Waals surface area contributed by atoms with E-state index in [1.54, 1.807) is 7.11 Å². The number of fused-ring (bicyclic) bond motifs is 1. The van der Waals surface area contributed by atoms with Crippen LogP contribution in [0.2, 0.25) is 0 Å². The van der Waals surface area contributed by atoms with E-state index < -0.39 is 0 Å². The highest BCUT2D eigenvalue weighted by Gasteiger charge is 2.14. The molecule has 0 fully saturated rings. The van der Waals surface area contributed by atoms with E-state index in [1.807, 2.05) is 0 Å². The molecule has 98 valence electrons. The number of hydrogen-bond acceptors (Lipinski definition) is 2. The van der Waals surface area contributed by atoms with Gasteiger partial charge in [0.05, 0.1) is 6.61 Å². The van der Waals surface area contributed by atoms with Gasteiger partial charge in [0.1, 0.15) is 0 Å². The van der Waals surface area contributed by atoms with E-state index in [-0.39, 0.29) is 6.04 Å². The lowest BCUT2D eigenvalue weighted by atomic mass is 10.0. The van der Waals surface area contributed by atoms with Crippen molar-refractivity contribution < 1.29 is 4.74 Å². The van der Waals surface area contributed by atoms with Gasteiger partial charge in [-0.05, 0) is 31.9 Å². The monoisotopic (exact) mass is 246 g/mol. The van der Waals surface area contributed by atoms with Crippen LogP contribution < -0.4 is 5.73 Å². The van der Waals surface area contributed by atoms with Gasteiger partial charge >= 0.3 is 0 Å². The van der Waals surface area contributed by atoms with Crippen molar-refractivity contribution in [2.75, 3.05) is 13.7 Å². The lowest BCUT2D eigenvalue weighted by Gasteiger charge is -2.09. The summed E-state index contributed by atoms with van der Waals surface area (Å²) in [6.45, 7) is 5.85. The summed E-state index contributed by atoms with van der Waals surface area (Å²) >= 11 is 0. The lowest BCUT2D eigenvalue weighted by Crippen LogP contribution is -2.18. The lowest BCUT2D eigenvalue weighted by molar-refractivity contribution is 0.188. The summed E-state index contributed by atoms with van der Waals surface area (Å²) in [6.07, 6.45) is 0.923. The number of nitrogens with two attached hydrogens (primary N) is 1. The number of benzene rings is 1. The highest BCUT2D eigenvalue weighted by atomic mass is 16.5. The minimum absolute atomic E-state index is 0.186. The summed E-state index contributed by atoms with van der Waals surface area (Å²) in [7, 11) is 1.74. The van der Waals surface area contributed by atoms with Crippen LogP contribution in [0.1, 0.15) is 18.2 Å². The van der Waals surface area contributed by atoms with Crippen molar-refractivity contribution in [3.05, 3.63) is 35.5 Å². The Morgan fingerprint density at radius 2 is 2.06 bits per heavy atom. The van der Waals surface area contributed by atoms with Crippen LogP contribution in [0.3, 0.4) is 0 Å². The number of methoxy groups -OCH3 is 1. The Kier molecular flexibility index (Phi) is 4.04. The summed E-state index contributed by atoms with van der Waals surface area (Å²) in [5, 5.41) is 1.32. The van der Waals surface area contributed by atoms with Crippen LogP contribution in [-0.2, 0) is 17.7 Å². The summed E-state index contributed by atoms with van der Waals surface area (Å²) in [4.78, 5) is 0. The maximum Gasteiger partial charge on any atom is 0.0642 e. The molecule has 0 saturated carbocycles. The molecule has 1 heterocycles. The van der Waals surface area contributed by atoms with E-state index in [0.717, 1.165) is 19.6 Å². The number of ether oxygens (including phenoxy) is 1. The largest absolute Gasteiger partial charge is 0.383 e. The summed E-state index contributed by atoms with van der Waals surface area (Å²) in [5.74, 6) is 0. The minimum Gasteiger partial charge on any atom is -0.383 e. The molecule has 2 N–H and O–H groups in total. The standard InChI is InChI=1S/C15H22N2O/c1-11(16)10-14-12(2)17(8-9-18-3)15-7-5-4-6-13(14)15/h4-7,11H,8-10,16H2,1-3H3. The van der Waals surface area contributed by atoms with Crippen molar-refractivity contribution in [2.45, 2.75) is 32.9 Å². The Balaban J connectivity index is 2.52. The number of aromatic nitrogens is 1. The highest BCUT2D eigenvalue weighted by molar-refractivity contribution is 5.85. The topological polar surface area (TPSA) is 40.2 Å². The normalized spacial score (nSPS) is 13.1. The quantitative estimate of drug-likeness (QED) is 0.880. The fourth-order valence-electron chi connectivity index (χ4n) is 2.55. The van der Waals surface area contributed by atoms with Gasteiger partial charge in [0.25, 0.3) is 0 Å². The van der Waals surface area contributed by atoms with E-state index in [9.17, 15) is 0 Å². The zero-order valence-corrected chi connectivity index (χ0v) is 11.4. The van der Waals surface area contributed by atoms with Crippen LogP contribution in [0, 0.1) is 6.92 Å². The molecule has 1 atom stereocenters. The van der Waals surface area contributed by atoms with Gasteiger partial charge in [-0.1, -0.05) is 18.2 Å². The van der Waals surface area contributed by atoms with Crippen LogP contribution in [0.25, 0.3) is 10.9 Å². The molecule has 3 heteroatoms. The van der Waals surface area contributed by atoms with Gasteiger partial charge < -0.3 is 15.0 Å². The first-order valence-corrected chi connectivity index (χ1v) is 6.46. The molecule has 0 spiro atoms. The summed E-state index contributed by atoms with van der Waals surface area (Å²) in [5.41, 5.74) is 9.92. The number of para-hydroxylation sites is 1. The van der Waals surface area contributed by atoms with Crippen LogP contribution >= 0.6 is 0 Å². The third-order valence-corrected chi connectivity index (χ3v) is 3.41. The molecule has 0 radical (unpaired) electrons. The molecule has 0 aliphatic heterocycles. The molecule has 1 aromatic heterocycles. The first kappa shape index (κ1) is 13.1. The van der Waals surface area contributed by atoms with Gasteiger partial charge in [-0.25, -0.2) is 0 Å². The Morgan fingerprint density at radius 1 is 1.33 bits per heavy atom. The molecule has 0 bridgehead atoms. The summed E-state index contributed by atoms with van der Waals surface area (Å²) in [6, 6.07) is 8.71. The predicted molar refractivity (Wildman–Crippen MR) is 75.9 cm³/mol. The Labute approximate surface area is 109 Å². The van der Waals surface area contributed by atoms with E-state index >= 15 is 0 Å². The van der Waals surface area contributed by atoms with Crippen molar-refractivity contribution >= 4 is 10.9 Å². The molecule has 0 saturated heterocycles.